The Balaban J connectivity index is 1.78. The van der Waals surface area contributed by atoms with Gasteiger partial charge in [-0.2, -0.15) is 0 Å². The summed E-state index contributed by atoms with van der Waals surface area (Å²) >= 11 is 0. The summed E-state index contributed by atoms with van der Waals surface area (Å²) < 4.78 is 5.37. The maximum absolute atomic E-state index is 12.8. The lowest BCUT2D eigenvalue weighted by molar-refractivity contribution is -0.138. The summed E-state index contributed by atoms with van der Waals surface area (Å²) in [6.07, 6.45) is 3.39. The number of carbonyl (C=O) groups is 3. The molecule has 2 fully saturated rings. The summed E-state index contributed by atoms with van der Waals surface area (Å²) in [5, 5.41) is 8.66. The number of carbonyl (C=O) groups excluding carboxylic acids is 3. The summed E-state index contributed by atoms with van der Waals surface area (Å²) in [7, 11) is 0. The normalized spacial score (nSPS) is 18.4. The van der Waals surface area contributed by atoms with E-state index >= 15 is 0 Å². The fourth-order valence-corrected chi connectivity index (χ4v) is 3.75. The molecule has 3 amide bonds. The van der Waals surface area contributed by atoms with E-state index in [2.05, 4.69) is 25.8 Å². The summed E-state index contributed by atoms with van der Waals surface area (Å²) in [5.41, 5.74) is 0. The van der Waals surface area contributed by atoms with Gasteiger partial charge in [-0.1, -0.05) is 6.92 Å². The number of hydrogen-bond donors (Lipinski definition) is 3. The number of amides is 3. The second-order valence-electron chi connectivity index (χ2n) is 8.66. The topological polar surface area (TPSA) is 106 Å². The molecule has 32 heavy (non-hydrogen) atoms. The van der Waals surface area contributed by atoms with E-state index in [1.165, 1.54) is 12.8 Å². The lowest BCUT2D eigenvalue weighted by atomic mass is 10.2. The summed E-state index contributed by atoms with van der Waals surface area (Å²) in [5.74, 6) is -0.951. The molecule has 0 aromatic rings. The van der Waals surface area contributed by atoms with Crippen LogP contribution in [0.2, 0.25) is 0 Å². The zero-order valence-electron chi connectivity index (χ0n) is 19.9. The smallest absolute Gasteiger partial charge is 0.246 e. The van der Waals surface area contributed by atoms with E-state index in [4.69, 9.17) is 4.74 Å². The molecular weight excluding hydrogens is 412 g/mol. The zero-order valence-corrected chi connectivity index (χ0v) is 19.9. The molecule has 0 saturated carbocycles. The average Bonchev–Trinajstić information content (AvgIpc) is 3.32. The minimum absolute atomic E-state index is 0.0839. The highest BCUT2D eigenvalue weighted by Crippen LogP contribution is 2.05. The van der Waals surface area contributed by atoms with Gasteiger partial charge in [0.05, 0.1) is 26.3 Å². The number of rotatable bonds is 14. The van der Waals surface area contributed by atoms with Gasteiger partial charge in [0.2, 0.25) is 17.7 Å². The summed E-state index contributed by atoms with van der Waals surface area (Å²) in [6, 6.07) is 0.203. The minimum Gasteiger partial charge on any atom is -0.379 e. The van der Waals surface area contributed by atoms with Crippen LogP contribution in [0, 0.1) is 0 Å². The fourth-order valence-electron chi connectivity index (χ4n) is 3.75. The standard InChI is InChI=1S/C22H42N6O4/c1-3-19(2)24-16-20(29)25-21(30)18-28(11-10-27-12-14-32-15-13-27)22(31)17-23-6-9-26-7-4-5-8-26/h19,23-24H,3-18H2,1-2H3,(H,25,29,30)/t19-/m1/s1. The van der Waals surface area contributed by atoms with Crippen LogP contribution < -0.4 is 16.0 Å². The first-order chi connectivity index (χ1) is 15.5. The van der Waals surface area contributed by atoms with Gasteiger partial charge in [-0.3, -0.25) is 24.6 Å². The maximum Gasteiger partial charge on any atom is 0.246 e. The lowest BCUT2D eigenvalue weighted by Gasteiger charge is -2.30. The molecule has 0 spiro atoms. The van der Waals surface area contributed by atoms with E-state index in [0.29, 0.717) is 26.3 Å². The van der Waals surface area contributed by atoms with Gasteiger partial charge in [-0.15, -0.1) is 0 Å². The molecule has 1 atom stereocenters. The Bertz CT molecular complexity index is 579. The van der Waals surface area contributed by atoms with Crippen molar-refractivity contribution in [1.82, 2.24) is 30.7 Å². The van der Waals surface area contributed by atoms with Crippen molar-refractivity contribution in [3.8, 4) is 0 Å². The van der Waals surface area contributed by atoms with E-state index in [1.54, 1.807) is 4.90 Å². The van der Waals surface area contributed by atoms with Crippen molar-refractivity contribution in [2.75, 3.05) is 85.2 Å². The van der Waals surface area contributed by atoms with Gasteiger partial charge in [-0.25, -0.2) is 0 Å². The molecule has 2 rings (SSSR count). The first-order valence-electron chi connectivity index (χ1n) is 12.0. The first-order valence-corrected chi connectivity index (χ1v) is 12.0. The predicted octanol–water partition coefficient (Wildman–Crippen LogP) is -1.14. The molecule has 0 radical (unpaired) electrons. The number of ether oxygens (including phenoxy) is 1. The van der Waals surface area contributed by atoms with E-state index in [1.807, 2.05) is 13.8 Å². The van der Waals surface area contributed by atoms with Gasteiger partial charge in [0.25, 0.3) is 0 Å². The number of hydrogen-bond acceptors (Lipinski definition) is 8. The van der Waals surface area contributed by atoms with Crippen molar-refractivity contribution in [3.63, 3.8) is 0 Å². The first kappa shape index (κ1) is 26.7. The van der Waals surface area contributed by atoms with Gasteiger partial charge in [0.15, 0.2) is 0 Å². The van der Waals surface area contributed by atoms with E-state index in [9.17, 15) is 14.4 Å². The van der Waals surface area contributed by atoms with E-state index in [0.717, 1.165) is 45.7 Å². The van der Waals surface area contributed by atoms with Crippen LogP contribution in [0.4, 0.5) is 0 Å². The molecule has 10 heteroatoms. The Labute approximate surface area is 192 Å². The van der Waals surface area contributed by atoms with E-state index < -0.39 is 5.91 Å². The molecule has 2 heterocycles. The van der Waals surface area contributed by atoms with Gasteiger partial charge in [0.1, 0.15) is 6.54 Å². The molecular formula is C22H42N6O4. The predicted molar refractivity (Wildman–Crippen MR) is 123 cm³/mol. The van der Waals surface area contributed by atoms with Crippen molar-refractivity contribution in [3.05, 3.63) is 0 Å². The SMILES string of the molecule is CC[C@@H](C)NCC(=O)NC(=O)CN(CCN1CCOCC1)C(=O)CNCCN1CCCC1. The van der Waals surface area contributed by atoms with Crippen LogP contribution >= 0.6 is 0 Å². The lowest BCUT2D eigenvalue weighted by Crippen LogP contribution is -2.50. The molecule has 0 aromatic carbocycles. The monoisotopic (exact) mass is 454 g/mol. The molecule has 0 bridgehead atoms. The molecule has 2 saturated heterocycles. The van der Waals surface area contributed by atoms with E-state index in [-0.39, 0.29) is 37.5 Å². The van der Waals surface area contributed by atoms with Crippen LogP contribution in [0.3, 0.4) is 0 Å². The Morgan fingerprint density at radius 2 is 1.66 bits per heavy atom. The van der Waals surface area contributed by atoms with Crippen molar-refractivity contribution in [1.29, 1.82) is 0 Å². The van der Waals surface area contributed by atoms with Crippen LogP contribution in [-0.4, -0.2) is 124 Å². The van der Waals surface area contributed by atoms with Gasteiger partial charge in [-0.05, 0) is 39.3 Å². The number of imide groups is 1. The third kappa shape index (κ3) is 10.8. The number of nitrogens with one attached hydrogen (secondary N) is 3. The molecule has 2 aliphatic rings. The molecule has 0 aromatic heterocycles. The highest BCUT2D eigenvalue weighted by atomic mass is 16.5. The molecule has 0 unspecified atom stereocenters. The van der Waals surface area contributed by atoms with Crippen LogP contribution in [0.25, 0.3) is 0 Å². The second kappa shape index (κ2) is 15.3. The zero-order chi connectivity index (χ0) is 23.2. The average molecular weight is 455 g/mol. The Morgan fingerprint density at radius 1 is 0.969 bits per heavy atom. The highest BCUT2D eigenvalue weighted by molar-refractivity contribution is 5.98. The Kier molecular flexibility index (Phi) is 12.7. The second-order valence-corrected chi connectivity index (χ2v) is 8.66. The van der Waals surface area contributed by atoms with Crippen LogP contribution in [0.1, 0.15) is 33.1 Å². The fraction of sp³-hybridized carbons (Fsp3) is 0.864. The summed E-state index contributed by atoms with van der Waals surface area (Å²) in [4.78, 5) is 43.4. The van der Waals surface area contributed by atoms with Crippen molar-refractivity contribution in [2.24, 2.45) is 0 Å². The van der Waals surface area contributed by atoms with Gasteiger partial charge in [0, 0.05) is 45.3 Å². The Morgan fingerprint density at radius 3 is 2.34 bits per heavy atom. The third-order valence-corrected chi connectivity index (χ3v) is 6.06. The van der Waals surface area contributed by atoms with Crippen molar-refractivity contribution < 1.29 is 19.1 Å². The van der Waals surface area contributed by atoms with Crippen molar-refractivity contribution in [2.45, 2.75) is 39.2 Å². The molecule has 0 aliphatic carbocycles. The van der Waals surface area contributed by atoms with Gasteiger partial charge >= 0.3 is 0 Å². The third-order valence-electron chi connectivity index (χ3n) is 6.06. The number of likely N-dealkylation sites (tertiary alicyclic amines) is 1. The molecule has 184 valence electrons. The largest absolute Gasteiger partial charge is 0.379 e. The maximum atomic E-state index is 12.8. The highest BCUT2D eigenvalue weighted by Gasteiger charge is 2.20. The van der Waals surface area contributed by atoms with Crippen LogP contribution in [-0.2, 0) is 19.1 Å². The number of nitrogens with zero attached hydrogens (tertiary/aromatic N) is 3. The number of morpholine rings is 1. The van der Waals surface area contributed by atoms with Gasteiger partial charge < -0.3 is 25.2 Å². The molecule has 3 N–H and O–H groups in total. The van der Waals surface area contributed by atoms with Crippen LogP contribution in [0.15, 0.2) is 0 Å². The van der Waals surface area contributed by atoms with Crippen molar-refractivity contribution >= 4 is 17.7 Å². The molecule has 2 aliphatic heterocycles. The summed E-state index contributed by atoms with van der Waals surface area (Å²) in [6.45, 7) is 12.2. The minimum atomic E-state index is -0.451. The van der Waals surface area contributed by atoms with Crippen LogP contribution in [0.5, 0.6) is 0 Å². The Hall–Kier alpha value is -1.59. The quantitative estimate of drug-likeness (QED) is 0.283. The molecule has 10 nitrogen and oxygen atoms in total.